The van der Waals surface area contributed by atoms with Crippen LogP contribution in [0.2, 0.25) is 0 Å². The third kappa shape index (κ3) is 1.60. The van der Waals surface area contributed by atoms with Crippen LogP contribution in [0, 0.1) is 0 Å². The van der Waals surface area contributed by atoms with Gasteiger partial charge in [-0.3, -0.25) is 4.79 Å². The number of rotatable bonds is 0. The first-order valence-electron chi connectivity index (χ1n) is 6.01. The van der Waals surface area contributed by atoms with Crippen LogP contribution < -0.4 is 8.79 Å². The van der Waals surface area contributed by atoms with Gasteiger partial charge in [0.05, 0.1) is 9.75 Å². The summed E-state index contributed by atoms with van der Waals surface area (Å²) in [6, 6.07) is 3.66. The Hall–Kier alpha value is -1.86. The summed E-state index contributed by atoms with van der Waals surface area (Å²) >= 11 is 2.42. The molecule has 0 aliphatic carbocycles. The van der Waals surface area contributed by atoms with Crippen molar-refractivity contribution in [3.05, 3.63) is 32.1 Å². The van der Waals surface area contributed by atoms with E-state index < -0.39 is 5.60 Å². The van der Waals surface area contributed by atoms with Gasteiger partial charge in [0.2, 0.25) is 5.88 Å². The topological polar surface area (TPSA) is 65.0 Å². The van der Waals surface area contributed by atoms with Crippen molar-refractivity contribution in [2.45, 2.75) is 19.4 Å². The van der Waals surface area contributed by atoms with Gasteiger partial charge in [-0.1, -0.05) is 22.7 Å². The lowest BCUT2D eigenvalue weighted by molar-refractivity contribution is 0.103. The summed E-state index contributed by atoms with van der Waals surface area (Å²) < 4.78 is 5.98. The normalized spacial score (nSPS) is 15.5. The first-order chi connectivity index (χ1) is 9.54. The van der Waals surface area contributed by atoms with E-state index in [0.29, 0.717) is 22.7 Å². The lowest BCUT2D eigenvalue weighted by Gasteiger charge is -2.30. The van der Waals surface area contributed by atoms with Gasteiger partial charge < -0.3 is 4.74 Å². The summed E-state index contributed by atoms with van der Waals surface area (Å²) in [5.74, 6) is 0.447. The maximum Gasteiger partial charge on any atom is 0.288 e. The van der Waals surface area contributed by atoms with E-state index in [1.807, 2.05) is 26.0 Å². The zero-order valence-corrected chi connectivity index (χ0v) is 12.3. The molecule has 0 amide bonds. The zero-order valence-electron chi connectivity index (χ0n) is 10.7. The van der Waals surface area contributed by atoms with E-state index in [0.717, 1.165) is 9.75 Å². The second kappa shape index (κ2) is 3.83. The molecule has 7 heteroatoms. The Bertz CT molecular complexity index is 898. The van der Waals surface area contributed by atoms with Gasteiger partial charge in [-0.25, -0.2) is 9.97 Å². The number of fused-ring (bicyclic) bond motifs is 4. The Labute approximate surface area is 121 Å². The fourth-order valence-electron chi connectivity index (χ4n) is 2.22. The van der Waals surface area contributed by atoms with Gasteiger partial charge in [-0.2, -0.15) is 4.98 Å². The molecule has 0 fully saturated rings. The average Bonchev–Trinajstić information content (AvgIpc) is 2.80. The fourth-order valence-corrected chi connectivity index (χ4v) is 4.51. The molecule has 0 radical (unpaired) electrons. The molecule has 5 nitrogen and oxygen atoms in total. The fraction of sp³-hybridized carbons (Fsp3) is 0.231. The van der Waals surface area contributed by atoms with Crippen molar-refractivity contribution in [3.63, 3.8) is 0 Å². The molecule has 0 N–H and O–H groups in total. The van der Waals surface area contributed by atoms with Crippen molar-refractivity contribution in [2.24, 2.45) is 0 Å². The van der Waals surface area contributed by atoms with Crippen LogP contribution in [0.5, 0.6) is 5.88 Å². The highest BCUT2D eigenvalue weighted by atomic mass is 32.2. The molecule has 0 saturated heterocycles. The van der Waals surface area contributed by atoms with Crippen molar-refractivity contribution < 1.29 is 4.74 Å². The molecule has 3 aromatic heterocycles. The second-order valence-electron chi connectivity index (χ2n) is 4.95. The molecule has 0 spiro atoms. The van der Waals surface area contributed by atoms with Crippen molar-refractivity contribution in [2.75, 3.05) is 0 Å². The average molecular weight is 303 g/mol. The van der Waals surface area contributed by atoms with Gasteiger partial charge in [0.25, 0.3) is 4.06 Å². The summed E-state index contributed by atoms with van der Waals surface area (Å²) in [5.41, 5.74) is 1.33. The number of hydrogen-bond donors (Lipinski definition) is 0. The molecule has 0 bridgehead atoms. The third-order valence-electron chi connectivity index (χ3n) is 3.10. The molecule has 0 unspecified atom stereocenters. The van der Waals surface area contributed by atoms with Crippen molar-refractivity contribution in [3.8, 4) is 16.5 Å². The lowest BCUT2D eigenvalue weighted by Crippen LogP contribution is -2.28. The zero-order chi connectivity index (χ0) is 13.9. The summed E-state index contributed by atoms with van der Waals surface area (Å²) in [4.78, 5) is 26.7. The number of aromatic nitrogens is 3. The van der Waals surface area contributed by atoms with Gasteiger partial charge in [-0.05, 0) is 26.0 Å². The van der Waals surface area contributed by atoms with Crippen LogP contribution in [-0.4, -0.2) is 15.0 Å². The number of nitrogens with zero attached hydrogens (tertiary/aromatic N) is 3. The molecule has 0 saturated carbocycles. The quantitative estimate of drug-likeness (QED) is 0.639. The molecular weight excluding hydrogens is 294 g/mol. The van der Waals surface area contributed by atoms with Crippen LogP contribution in [0.15, 0.2) is 23.1 Å². The van der Waals surface area contributed by atoms with E-state index in [9.17, 15) is 4.79 Å². The number of ether oxygens (including phenoxy) is 1. The van der Waals surface area contributed by atoms with Gasteiger partial charge in [-0.15, -0.1) is 0 Å². The van der Waals surface area contributed by atoms with E-state index in [1.54, 1.807) is 6.20 Å². The molecule has 20 heavy (non-hydrogen) atoms. The van der Waals surface area contributed by atoms with Gasteiger partial charge in [0.15, 0.2) is 5.65 Å². The predicted octanol–water partition coefficient (Wildman–Crippen LogP) is 2.80. The molecule has 0 atom stereocenters. The first-order valence-corrected chi connectivity index (χ1v) is 7.64. The minimum atomic E-state index is -0.566. The highest BCUT2D eigenvalue weighted by Gasteiger charge is 2.37. The maximum absolute atomic E-state index is 11.7. The van der Waals surface area contributed by atoms with Gasteiger partial charge in [0.1, 0.15) is 16.8 Å². The van der Waals surface area contributed by atoms with Crippen molar-refractivity contribution in [1.29, 1.82) is 0 Å². The largest absolute Gasteiger partial charge is 0.464 e. The highest BCUT2D eigenvalue weighted by Crippen LogP contribution is 2.46. The van der Waals surface area contributed by atoms with Crippen LogP contribution in [-0.2, 0) is 5.60 Å². The van der Waals surface area contributed by atoms with Gasteiger partial charge in [0, 0.05) is 6.20 Å². The molecule has 0 aromatic carbocycles. The van der Waals surface area contributed by atoms with Crippen molar-refractivity contribution in [1.82, 2.24) is 15.0 Å². The Morgan fingerprint density at radius 3 is 2.95 bits per heavy atom. The predicted molar refractivity (Wildman–Crippen MR) is 78.4 cm³/mol. The summed E-state index contributed by atoms with van der Waals surface area (Å²) in [7, 11) is 0. The Kier molecular flexibility index (Phi) is 2.28. The van der Waals surface area contributed by atoms with Crippen LogP contribution in [0.25, 0.3) is 21.7 Å². The van der Waals surface area contributed by atoms with Crippen LogP contribution in [0.1, 0.15) is 18.7 Å². The lowest BCUT2D eigenvalue weighted by atomic mass is 10.0. The van der Waals surface area contributed by atoms with E-state index >= 15 is 0 Å². The van der Waals surface area contributed by atoms with Crippen LogP contribution in [0.4, 0.5) is 0 Å². The second-order valence-corrected chi connectivity index (χ2v) is 7.17. The number of hydrogen-bond acceptors (Lipinski definition) is 7. The highest BCUT2D eigenvalue weighted by molar-refractivity contribution is 7.29. The molecule has 1 aliphatic heterocycles. The maximum atomic E-state index is 11.7. The smallest absolute Gasteiger partial charge is 0.288 e. The Balaban J connectivity index is 2.10. The monoisotopic (exact) mass is 303 g/mol. The molecule has 3 aromatic rings. The Morgan fingerprint density at radius 1 is 1.25 bits per heavy atom. The summed E-state index contributed by atoms with van der Waals surface area (Å²) in [6.45, 7) is 3.86. The Morgan fingerprint density at radius 2 is 2.10 bits per heavy atom. The third-order valence-corrected chi connectivity index (χ3v) is 5.56. The molecular formula is C13H9N3O2S2. The van der Waals surface area contributed by atoms with E-state index in [-0.39, 0.29) is 4.06 Å². The molecule has 4 rings (SSSR count). The van der Waals surface area contributed by atoms with E-state index in [1.165, 1.54) is 22.7 Å². The molecule has 1 aliphatic rings. The molecule has 4 heterocycles. The van der Waals surface area contributed by atoms with Crippen molar-refractivity contribution >= 4 is 33.8 Å². The van der Waals surface area contributed by atoms with Crippen LogP contribution >= 0.6 is 22.7 Å². The first kappa shape index (κ1) is 11.9. The van der Waals surface area contributed by atoms with Crippen LogP contribution in [0.3, 0.4) is 0 Å². The van der Waals surface area contributed by atoms with Gasteiger partial charge >= 0.3 is 0 Å². The summed E-state index contributed by atoms with van der Waals surface area (Å²) in [6.07, 6.45) is 1.67. The number of pyridine rings is 1. The summed E-state index contributed by atoms with van der Waals surface area (Å²) in [5, 5.41) is 0. The van der Waals surface area contributed by atoms with E-state index in [4.69, 9.17) is 4.74 Å². The SMILES string of the molecule is CC1(C)Oc2nc3ncccc3nc2-c2sc(=O)sc21. The minimum Gasteiger partial charge on any atom is -0.464 e. The standard InChI is InChI=1S/C13H9N3O2S2/c1-13(2)9-8(19-12(17)20-9)7-11(18-13)16-10-6(15-7)4-3-5-14-10/h3-5H,1-2H3. The molecule has 100 valence electrons. The minimum absolute atomic E-state index is 0.0487. The van der Waals surface area contributed by atoms with E-state index in [2.05, 4.69) is 15.0 Å².